The van der Waals surface area contributed by atoms with Crippen LogP contribution in [0.1, 0.15) is 5.56 Å². The molecule has 0 saturated heterocycles. The van der Waals surface area contributed by atoms with Crippen LogP contribution >= 0.6 is 11.6 Å². The fourth-order valence-corrected chi connectivity index (χ4v) is 2.07. The normalized spacial score (nSPS) is 11.3. The average molecular weight is 320 g/mol. The molecule has 0 saturated carbocycles. The summed E-state index contributed by atoms with van der Waals surface area (Å²) in [5, 5.41) is 17.9. The molecule has 0 radical (unpaired) electrons. The maximum Gasteiger partial charge on any atom is 0.154 e. The number of nitrogens with one attached hydrogen (secondary N) is 1. The van der Waals surface area contributed by atoms with Gasteiger partial charge < -0.3 is 16.2 Å². The molecule has 7 heteroatoms. The number of hydrogen-bond acceptors (Lipinski definition) is 5. The van der Waals surface area contributed by atoms with Crippen molar-refractivity contribution < 1.29 is 5.11 Å². The summed E-state index contributed by atoms with van der Waals surface area (Å²) in [6, 6.07) is 14.8. The Labute approximate surface area is 134 Å². The van der Waals surface area contributed by atoms with Crippen molar-refractivity contribution in [2.75, 3.05) is 18.5 Å². The Kier molecular flexibility index (Phi) is 5.60. The van der Waals surface area contributed by atoms with Gasteiger partial charge in [0.15, 0.2) is 5.84 Å². The molecule has 116 valence electrons. The van der Waals surface area contributed by atoms with Crippen LogP contribution in [-0.2, 0) is 0 Å². The zero-order valence-corrected chi connectivity index (χ0v) is 12.7. The third kappa shape index (κ3) is 4.36. The number of hydrazone groups is 1. The van der Waals surface area contributed by atoms with Crippen molar-refractivity contribution in [3.05, 3.63) is 59.1 Å². The second-order valence-corrected chi connectivity index (χ2v) is 4.99. The molecule has 0 aliphatic carbocycles. The molecule has 6 nitrogen and oxygen atoms in total. The van der Waals surface area contributed by atoms with Gasteiger partial charge in [-0.25, -0.2) is 11.0 Å². The monoisotopic (exact) mass is 319 g/mol. The fourth-order valence-electron chi connectivity index (χ4n) is 1.88. The minimum atomic E-state index is -0.101. The van der Waals surface area contributed by atoms with Crippen molar-refractivity contribution in [3.8, 4) is 0 Å². The minimum absolute atomic E-state index is 0.101. The standard InChI is InChI=1S/C15H18ClN5O/c16-11-4-3-5-12(10-11)19-14-7-2-1-6-13(14)15(17)20-21(18)8-9-22/h1-7,10,19,22H,8-9,18H2,(H2,17,20). The Morgan fingerprint density at radius 2 is 2.00 bits per heavy atom. The van der Waals surface area contributed by atoms with Crippen LogP contribution in [0, 0.1) is 0 Å². The molecule has 2 aromatic carbocycles. The summed E-state index contributed by atoms with van der Waals surface area (Å²) >= 11 is 5.98. The van der Waals surface area contributed by atoms with Gasteiger partial charge in [0, 0.05) is 22.0 Å². The van der Waals surface area contributed by atoms with Crippen LogP contribution in [0.4, 0.5) is 11.4 Å². The van der Waals surface area contributed by atoms with E-state index in [9.17, 15) is 0 Å². The fraction of sp³-hybridized carbons (Fsp3) is 0.133. The molecule has 22 heavy (non-hydrogen) atoms. The lowest BCUT2D eigenvalue weighted by Crippen LogP contribution is -2.32. The highest BCUT2D eigenvalue weighted by Crippen LogP contribution is 2.23. The maximum absolute atomic E-state index is 8.84. The predicted molar refractivity (Wildman–Crippen MR) is 89.9 cm³/mol. The Hall–Kier alpha value is -2.28. The Bertz CT molecular complexity index is 662. The van der Waals surface area contributed by atoms with Crippen LogP contribution in [0.2, 0.25) is 5.02 Å². The number of halogens is 1. The molecule has 0 spiro atoms. The third-order valence-electron chi connectivity index (χ3n) is 2.87. The molecule has 0 aromatic heterocycles. The number of rotatable bonds is 6. The molecule has 0 aliphatic rings. The third-order valence-corrected chi connectivity index (χ3v) is 3.11. The summed E-state index contributed by atoms with van der Waals surface area (Å²) in [4.78, 5) is 0. The smallest absolute Gasteiger partial charge is 0.154 e. The lowest BCUT2D eigenvalue weighted by atomic mass is 10.1. The molecular formula is C15H18ClN5O. The highest BCUT2D eigenvalue weighted by atomic mass is 35.5. The lowest BCUT2D eigenvalue weighted by Gasteiger charge is -2.15. The summed E-state index contributed by atoms with van der Waals surface area (Å²) in [5.74, 6) is 5.86. The summed E-state index contributed by atoms with van der Waals surface area (Å²) in [6.07, 6.45) is 0. The van der Waals surface area contributed by atoms with Crippen LogP contribution in [0.25, 0.3) is 0 Å². The number of hydrogen-bond donors (Lipinski definition) is 4. The first-order chi connectivity index (χ1) is 10.6. The van der Waals surface area contributed by atoms with Gasteiger partial charge in [-0.15, -0.1) is 5.10 Å². The first-order valence-corrected chi connectivity index (χ1v) is 7.07. The van der Waals surface area contributed by atoms with Crippen molar-refractivity contribution >= 4 is 28.8 Å². The van der Waals surface area contributed by atoms with E-state index in [1.807, 2.05) is 42.5 Å². The van der Waals surface area contributed by atoms with Crippen molar-refractivity contribution in [2.24, 2.45) is 16.7 Å². The number of aliphatic hydroxyl groups is 1. The highest BCUT2D eigenvalue weighted by Gasteiger charge is 2.07. The van der Waals surface area contributed by atoms with Crippen LogP contribution in [0.3, 0.4) is 0 Å². The topological polar surface area (TPSA) is 99.9 Å². The molecule has 0 aliphatic heterocycles. The molecule has 0 amide bonds. The summed E-state index contributed by atoms with van der Waals surface area (Å²) in [7, 11) is 0. The predicted octanol–water partition coefficient (Wildman–Crippen LogP) is 1.87. The molecule has 2 aromatic rings. The molecule has 0 fully saturated rings. The number of hydrazine groups is 1. The van der Waals surface area contributed by atoms with Crippen LogP contribution < -0.4 is 16.9 Å². The second-order valence-electron chi connectivity index (χ2n) is 4.55. The van der Waals surface area contributed by atoms with Crippen LogP contribution in [-0.4, -0.2) is 29.2 Å². The highest BCUT2D eigenvalue weighted by molar-refractivity contribution is 6.30. The first-order valence-electron chi connectivity index (χ1n) is 6.69. The minimum Gasteiger partial charge on any atom is -0.394 e. The van der Waals surface area contributed by atoms with Crippen molar-refractivity contribution in [1.82, 2.24) is 5.12 Å². The van der Waals surface area contributed by atoms with Gasteiger partial charge in [0.25, 0.3) is 0 Å². The van der Waals surface area contributed by atoms with Crippen LogP contribution in [0.5, 0.6) is 0 Å². The number of amidine groups is 1. The molecule has 0 heterocycles. The quantitative estimate of drug-likeness (QED) is 0.282. The van der Waals surface area contributed by atoms with Crippen molar-refractivity contribution in [2.45, 2.75) is 0 Å². The largest absolute Gasteiger partial charge is 0.394 e. The van der Waals surface area contributed by atoms with Gasteiger partial charge in [-0.3, -0.25) is 0 Å². The van der Waals surface area contributed by atoms with E-state index in [2.05, 4.69) is 10.4 Å². The van der Waals surface area contributed by atoms with Crippen molar-refractivity contribution in [1.29, 1.82) is 0 Å². The number of anilines is 2. The number of benzene rings is 2. The van der Waals surface area contributed by atoms with Gasteiger partial charge in [0.1, 0.15) is 0 Å². The van der Waals surface area contributed by atoms with E-state index in [0.717, 1.165) is 16.5 Å². The summed E-state index contributed by atoms with van der Waals surface area (Å²) in [6.45, 7) is 0.0975. The van der Waals surface area contributed by atoms with Crippen molar-refractivity contribution in [3.63, 3.8) is 0 Å². The van der Waals surface area contributed by atoms with Gasteiger partial charge in [-0.1, -0.05) is 29.8 Å². The average Bonchev–Trinajstić information content (AvgIpc) is 2.48. The summed E-state index contributed by atoms with van der Waals surface area (Å²) in [5.41, 5.74) is 8.32. The molecule has 0 unspecified atom stereocenters. The van der Waals surface area contributed by atoms with Gasteiger partial charge in [-0.05, 0) is 30.3 Å². The molecule has 6 N–H and O–H groups in total. The number of nitrogens with two attached hydrogens (primary N) is 2. The van der Waals surface area contributed by atoms with Gasteiger partial charge in [0.05, 0.1) is 13.2 Å². The SMILES string of the molecule is N/C(=N\N(N)CCO)c1ccccc1Nc1cccc(Cl)c1. The van der Waals surface area contributed by atoms with Gasteiger partial charge in [0.2, 0.25) is 0 Å². The number of aliphatic hydroxyl groups excluding tert-OH is 1. The van der Waals surface area contributed by atoms with E-state index in [0.29, 0.717) is 10.6 Å². The Morgan fingerprint density at radius 1 is 1.23 bits per heavy atom. The Balaban J connectivity index is 2.26. The zero-order valence-electron chi connectivity index (χ0n) is 11.9. The molecule has 0 bridgehead atoms. The van der Waals surface area contributed by atoms with E-state index in [1.54, 1.807) is 6.07 Å². The Morgan fingerprint density at radius 3 is 2.73 bits per heavy atom. The number of nitrogens with zero attached hydrogens (tertiary/aromatic N) is 2. The van der Waals surface area contributed by atoms with E-state index in [-0.39, 0.29) is 19.0 Å². The van der Waals surface area contributed by atoms with Crippen LogP contribution in [0.15, 0.2) is 53.6 Å². The summed E-state index contributed by atoms with van der Waals surface area (Å²) < 4.78 is 0. The van der Waals surface area contributed by atoms with E-state index >= 15 is 0 Å². The number of para-hydroxylation sites is 1. The molecule has 0 atom stereocenters. The molecule has 2 rings (SSSR count). The second kappa shape index (κ2) is 7.65. The van der Waals surface area contributed by atoms with Gasteiger partial charge in [-0.2, -0.15) is 0 Å². The van der Waals surface area contributed by atoms with E-state index < -0.39 is 0 Å². The van der Waals surface area contributed by atoms with E-state index in [1.165, 1.54) is 0 Å². The first kappa shape index (κ1) is 16.1. The van der Waals surface area contributed by atoms with E-state index in [4.69, 9.17) is 28.3 Å². The van der Waals surface area contributed by atoms with Gasteiger partial charge >= 0.3 is 0 Å². The lowest BCUT2D eigenvalue weighted by molar-refractivity contribution is 0.204. The maximum atomic E-state index is 8.84. The molecular weight excluding hydrogens is 302 g/mol. The zero-order chi connectivity index (χ0) is 15.9.